The van der Waals surface area contributed by atoms with E-state index in [0.717, 1.165) is 58.4 Å². The average Bonchev–Trinajstić information content (AvgIpc) is 2.53. The molecule has 1 rings (SSSR count). The molecule has 1 saturated heterocycles. The fraction of sp³-hybridized carbons (Fsp3) is 0.923. The van der Waals surface area contributed by atoms with Gasteiger partial charge < -0.3 is 15.4 Å². The lowest BCUT2D eigenvalue weighted by Crippen LogP contribution is -2.43. The Balaban J connectivity index is 1.99. The van der Waals surface area contributed by atoms with Gasteiger partial charge in [0.05, 0.1) is 6.04 Å². The van der Waals surface area contributed by atoms with E-state index in [4.69, 9.17) is 4.74 Å². The average molecular weight is 242 g/mol. The van der Waals surface area contributed by atoms with Crippen molar-refractivity contribution in [1.82, 2.24) is 10.6 Å². The number of hydrogen-bond donors (Lipinski definition) is 2. The van der Waals surface area contributed by atoms with E-state index in [-0.39, 0.29) is 11.9 Å². The Morgan fingerprint density at radius 1 is 1.35 bits per heavy atom. The summed E-state index contributed by atoms with van der Waals surface area (Å²) in [4.78, 5) is 11.6. The normalized spacial score (nSPS) is 21.0. The van der Waals surface area contributed by atoms with Gasteiger partial charge in [-0.25, -0.2) is 0 Å². The fourth-order valence-electron chi connectivity index (χ4n) is 1.93. The molecule has 1 fully saturated rings. The summed E-state index contributed by atoms with van der Waals surface area (Å²) in [7, 11) is 0. The Kier molecular flexibility index (Phi) is 8.01. The van der Waals surface area contributed by atoms with Crippen LogP contribution in [-0.4, -0.2) is 38.3 Å². The van der Waals surface area contributed by atoms with Gasteiger partial charge in [0.1, 0.15) is 0 Å². The fourth-order valence-corrected chi connectivity index (χ4v) is 1.93. The summed E-state index contributed by atoms with van der Waals surface area (Å²) in [6.45, 7) is 5.51. The quantitative estimate of drug-likeness (QED) is 0.633. The maximum Gasteiger partial charge on any atom is 0.237 e. The van der Waals surface area contributed by atoms with E-state index < -0.39 is 0 Å². The van der Waals surface area contributed by atoms with E-state index in [9.17, 15) is 4.79 Å². The minimum atomic E-state index is 0.00754. The van der Waals surface area contributed by atoms with E-state index in [0.29, 0.717) is 0 Å². The van der Waals surface area contributed by atoms with Crippen molar-refractivity contribution in [3.63, 3.8) is 0 Å². The number of hydrogen-bond acceptors (Lipinski definition) is 3. The molecule has 2 N–H and O–H groups in total. The van der Waals surface area contributed by atoms with Gasteiger partial charge in [-0.2, -0.15) is 0 Å². The van der Waals surface area contributed by atoms with Crippen molar-refractivity contribution in [1.29, 1.82) is 0 Å². The van der Waals surface area contributed by atoms with Gasteiger partial charge in [-0.15, -0.1) is 0 Å². The van der Waals surface area contributed by atoms with Crippen molar-refractivity contribution in [3.8, 4) is 0 Å². The predicted octanol–water partition coefficient (Wildman–Crippen LogP) is 1.45. The topological polar surface area (TPSA) is 50.4 Å². The molecule has 1 heterocycles. The third-order valence-corrected chi connectivity index (χ3v) is 3.03. The largest absolute Gasteiger partial charge is 0.381 e. The number of amides is 1. The Morgan fingerprint density at radius 3 is 3.00 bits per heavy atom. The summed E-state index contributed by atoms with van der Waals surface area (Å²) >= 11 is 0. The number of nitrogens with one attached hydrogen (secondary N) is 2. The summed E-state index contributed by atoms with van der Waals surface area (Å²) < 4.78 is 5.47. The van der Waals surface area contributed by atoms with E-state index in [2.05, 4.69) is 17.6 Å². The number of rotatable bonds is 8. The van der Waals surface area contributed by atoms with Crippen molar-refractivity contribution in [3.05, 3.63) is 0 Å². The first-order valence-corrected chi connectivity index (χ1v) is 6.93. The molecular formula is C13H26N2O2. The molecule has 0 aromatic carbocycles. The Morgan fingerprint density at radius 2 is 2.18 bits per heavy atom. The first kappa shape index (κ1) is 14.5. The molecule has 100 valence electrons. The third kappa shape index (κ3) is 6.64. The second kappa shape index (κ2) is 9.42. The van der Waals surface area contributed by atoms with Gasteiger partial charge >= 0.3 is 0 Å². The van der Waals surface area contributed by atoms with E-state index in [1.165, 1.54) is 6.42 Å². The molecule has 0 spiro atoms. The van der Waals surface area contributed by atoms with Crippen molar-refractivity contribution >= 4 is 5.91 Å². The second-order valence-electron chi connectivity index (χ2n) is 4.61. The van der Waals surface area contributed by atoms with Crippen molar-refractivity contribution in [2.24, 2.45) is 0 Å². The zero-order chi connectivity index (χ0) is 12.3. The summed E-state index contributed by atoms with van der Waals surface area (Å²) in [5, 5.41) is 6.24. The SMILES string of the molecule is CCCCOCCCNC1CCCCNC1=O. The number of carbonyl (C=O) groups is 1. The van der Waals surface area contributed by atoms with Crippen LogP contribution < -0.4 is 10.6 Å². The number of carbonyl (C=O) groups excluding carboxylic acids is 1. The highest BCUT2D eigenvalue weighted by Gasteiger charge is 2.19. The molecule has 0 radical (unpaired) electrons. The highest BCUT2D eigenvalue weighted by Crippen LogP contribution is 2.05. The molecule has 0 aliphatic carbocycles. The lowest BCUT2D eigenvalue weighted by molar-refractivity contribution is -0.122. The minimum Gasteiger partial charge on any atom is -0.381 e. The monoisotopic (exact) mass is 242 g/mol. The van der Waals surface area contributed by atoms with Crippen LogP contribution in [-0.2, 0) is 9.53 Å². The van der Waals surface area contributed by atoms with E-state index in [1.54, 1.807) is 0 Å². The zero-order valence-electron chi connectivity index (χ0n) is 11.0. The van der Waals surface area contributed by atoms with Crippen LogP contribution in [0.4, 0.5) is 0 Å². The lowest BCUT2D eigenvalue weighted by Gasteiger charge is -2.14. The van der Waals surface area contributed by atoms with Gasteiger partial charge in [-0.1, -0.05) is 13.3 Å². The van der Waals surface area contributed by atoms with E-state index >= 15 is 0 Å². The summed E-state index contributed by atoms with van der Waals surface area (Å²) in [6.07, 6.45) is 6.49. The molecule has 0 saturated carbocycles. The third-order valence-electron chi connectivity index (χ3n) is 3.03. The molecule has 0 aromatic rings. The smallest absolute Gasteiger partial charge is 0.237 e. The maximum atomic E-state index is 11.6. The first-order valence-electron chi connectivity index (χ1n) is 6.93. The van der Waals surface area contributed by atoms with Crippen LogP contribution in [0.2, 0.25) is 0 Å². The van der Waals surface area contributed by atoms with Crippen molar-refractivity contribution in [2.75, 3.05) is 26.3 Å². The Labute approximate surface area is 104 Å². The van der Waals surface area contributed by atoms with Gasteiger partial charge in [0.2, 0.25) is 5.91 Å². The summed E-state index contributed by atoms with van der Waals surface area (Å²) in [6, 6.07) is 0.00754. The van der Waals surface area contributed by atoms with Crippen LogP contribution in [0.15, 0.2) is 0 Å². The van der Waals surface area contributed by atoms with Crippen LogP contribution >= 0.6 is 0 Å². The second-order valence-corrected chi connectivity index (χ2v) is 4.61. The molecule has 4 nitrogen and oxygen atoms in total. The van der Waals surface area contributed by atoms with Gasteiger partial charge in [-0.05, 0) is 38.6 Å². The molecule has 17 heavy (non-hydrogen) atoms. The van der Waals surface area contributed by atoms with E-state index in [1.807, 2.05) is 0 Å². The first-order chi connectivity index (χ1) is 8.34. The molecule has 4 heteroatoms. The van der Waals surface area contributed by atoms with Gasteiger partial charge in [0.15, 0.2) is 0 Å². The van der Waals surface area contributed by atoms with Crippen molar-refractivity contribution in [2.45, 2.75) is 51.5 Å². The molecule has 0 aromatic heterocycles. The van der Waals surface area contributed by atoms with Gasteiger partial charge in [-0.3, -0.25) is 4.79 Å². The molecule has 1 aliphatic heterocycles. The van der Waals surface area contributed by atoms with Crippen LogP contribution in [0.5, 0.6) is 0 Å². The highest BCUT2D eigenvalue weighted by atomic mass is 16.5. The molecular weight excluding hydrogens is 216 g/mol. The number of unbranched alkanes of at least 4 members (excludes halogenated alkanes) is 1. The van der Waals surface area contributed by atoms with Crippen LogP contribution in [0.25, 0.3) is 0 Å². The molecule has 1 aliphatic rings. The maximum absolute atomic E-state index is 11.6. The highest BCUT2D eigenvalue weighted by molar-refractivity contribution is 5.81. The Hall–Kier alpha value is -0.610. The predicted molar refractivity (Wildman–Crippen MR) is 69.0 cm³/mol. The van der Waals surface area contributed by atoms with Gasteiger partial charge in [0, 0.05) is 19.8 Å². The number of ether oxygens (including phenoxy) is 1. The minimum absolute atomic E-state index is 0.00754. The zero-order valence-corrected chi connectivity index (χ0v) is 11.0. The standard InChI is InChI=1S/C13H26N2O2/c1-2-3-10-17-11-6-9-14-12-7-4-5-8-15-13(12)16/h12,14H,2-11H2,1H3,(H,15,16). The lowest BCUT2D eigenvalue weighted by atomic mass is 10.1. The molecule has 1 unspecified atom stereocenters. The van der Waals surface area contributed by atoms with Crippen LogP contribution in [0, 0.1) is 0 Å². The van der Waals surface area contributed by atoms with Crippen LogP contribution in [0.3, 0.4) is 0 Å². The Bertz CT molecular complexity index is 210. The van der Waals surface area contributed by atoms with Crippen LogP contribution in [0.1, 0.15) is 45.4 Å². The van der Waals surface area contributed by atoms with Crippen molar-refractivity contribution < 1.29 is 9.53 Å². The molecule has 0 bridgehead atoms. The molecule has 1 atom stereocenters. The van der Waals surface area contributed by atoms with Gasteiger partial charge in [0.25, 0.3) is 0 Å². The summed E-state index contributed by atoms with van der Waals surface area (Å²) in [5.41, 5.74) is 0. The molecule has 1 amide bonds. The summed E-state index contributed by atoms with van der Waals surface area (Å²) in [5.74, 6) is 0.161.